The van der Waals surface area contributed by atoms with Gasteiger partial charge in [-0.2, -0.15) is 8.78 Å². The van der Waals surface area contributed by atoms with Crippen molar-refractivity contribution in [1.82, 2.24) is 20.3 Å². The smallest absolute Gasteiger partial charge is 0.325 e. The van der Waals surface area contributed by atoms with E-state index >= 15 is 0 Å². The molecule has 3 aromatic rings. The molecule has 298 valence electrons. The number of benzene rings is 2. The first-order valence-electron chi connectivity index (χ1n) is 16.4. The number of anilines is 1. The fourth-order valence-electron chi connectivity index (χ4n) is 5.00. The van der Waals surface area contributed by atoms with Gasteiger partial charge in [0.2, 0.25) is 41.1 Å². The molecule has 7 N–H and O–H groups in total. The molecule has 0 amide bonds. The van der Waals surface area contributed by atoms with Crippen LogP contribution in [-0.2, 0) is 31.8 Å². The normalized spacial score (nSPS) is 20.1. The third-order valence-corrected chi connectivity index (χ3v) is 8.70. The number of aliphatic hydroxyl groups excluding tert-OH is 3. The summed E-state index contributed by atoms with van der Waals surface area (Å²) in [6.45, 7) is 4.59. The lowest BCUT2D eigenvalue weighted by Crippen LogP contribution is -2.59. The first-order chi connectivity index (χ1) is 25.5. The number of aryl methyl sites for hydroxylation is 1. The van der Waals surface area contributed by atoms with Crippen molar-refractivity contribution in [2.24, 2.45) is 0 Å². The molecule has 16 nitrogen and oxygen atoms in total. The molecular formula is C32H39F5N5O11P. The number of hydrogen-bond donors (Lipinski definition) is 7. The summed E-state index contributed by atoms with van der Waals surface area (Å²) in [5.74, 6) is -13.5. The van der Waals surface area contributed by atoms with Crippen LogP contribution in [0.15, 0.2) is 42.9 Å². The number of nitrogens with one attached hydrogen (secondary N) is 2. The van der Waals surface area contributed by atoms with Crippen LogP contribution in [0.1, 0.15) is 31.4 Å². The van der Waals surface area contributed by atoms with E-state index < -0.39 is 91.7 Å². The summed E-state index contributed by atoms with van der Waals surface area (Å²) in [6.07, 6.45) is -4.95. The van der Waals surface area contributed by atoms with Crippen molar-refractivity contribution in [2.75, 3.05) is 31.2 Å². The fourth-order valence-corrected chi connectivity index (χ4v) is 5.60. The van der Waals surface area contributed by atoms with Crippen LogP contribution in [0, 0.1) is 29.1 Å². The average molecular weight is 796 g/mol. The maximum atomic E-state index is 13.7. The summed E-state index contributed by atoms with van der Waals surface area (Å²) in [5.41, 5.74) is 1.36. The largest absolute Gasteiger partial charge is 0.462 e. The van der Waals surface area contributed by atoms with Crippen molar-refractivity contribution in [1.29, 1.82) is 0 Å². The van der Waals surface area contributed by atoms with Crippen LogP contribution < -0.4 is 20.1 Å². The van der Waals surface area contributed by atoms with Gasteiger partial charge in [-0.15, -0.1) is 5.10 Å². The second-order valence-corrected chi connectivity index (χ2v) is 13.8. The molecule has 1 saturated heterocycles. The maximum Gasteiger partial charge on any atom is 0.325 e. The number of esters is 1. The number of aromatic nitrogens is 3. The van der Waals surface area contributed by atoms with E-state index in [1.807, 2.05) is 0 Å². The lowest BCUT2D eigenvalue weighted by molar-refractivity contribution is -0.272. The first-order valence-corrected chi connectivity index (χ1v) is 18.2. The number of carbonyl (C=O) groups excluding carboxylic acids is 1. The number of unbranched alkanes of at least 4 members (excludes halogenated alkanes) is 1. The molecular weight excluding hydrogens is 756 g/mol. The van der Waals surface area contributed by atoms with Gasteiger partial charge in [-0.1, -0.05) is 11.8 Å². The summed E-state index contributed by atoms with van der Waals surface area (Å²) < 4.78 is 100. The van der Waals surface area contributed by atoms with E-state index in [1.165, 1.54) is 4.68 Å². The van der Waals surface area contributed by atoms with Gasteiger partial charge in [-0.25, -0.2) is 17.9 Å². The zero-order chi connectivity index (χ0) is 39.6. The number of rotatable bonds is 20. The van der Waals surface area contributed by atoms with Crippen LogP contribution in [0.4, 0.5) is 27.6 Å². The fraction of sp³-hybridized carbons (Fsp3) is 0.469. The van der Waals surface area contributed by atoms with Crippen molar-refractivity contribution in [2.45, 2.75) is 69.4 Å². The number of nitrogens with zero attached hydrogens (tertiary/aromatic N) is 3. The number of halogens is 5. The molecule has 0 unspecified atom stereocenters. The van der Waals surface area contributed by atoms with Gasteiger partial charge in [0.1, 0.15) is 24.1 Å². The second kappa shape index (κ2) is 19.4. The van der Waals surface area contributed by atoms with Gasteiger partial charge >= 0.3 is 13.6 Å². The Hall–Kier alpha value is -4.21. The number of hydrogen-bond acceptors (Lipinski definition) is 13. The van der Waals surface area contributed by atoms with E-state index in [1.54, 1.807) is 30.5 Å². The molecule has 1 aliphatic heterocycles. The SMILES string of the molecule is C=C(NCCCCc1cn(CCOCCC(=O)Oc2c(F)c(F)c(F)c(F)c2F)nn1)Nc1ccc(O[C@H]2O[C@H](CCP(=O)(O)O)[C@@H](O)[C@H](O)[C@@H]2O)cc1. The van der Waals surface area contributed by atoms with Gasteiger partial charge in [0.15, 0.2) is 0 Å². The zero-order valence-corrected chi connectivity index (χ0v) is 29.3. The summed E-state index contributed by atoms with van der Waals surface area (Å²) >= 11 is 0. The van der Waals surface area contributed by atoms with E-state index in [4.69, 9.17) is 24.0 Å². The lowest BCUT2D eigenvalue weighted by atomic mass is 9.97. The Kier molecular flexibility index (Phi) is 15.3. The molecule has 5 atom stereocenters. The molecule has 4 rings (SSSR count). The minimum absolute atomic E-state index is 0.0744. The minimum atomic E-state index is -4.38. The first kappa shape index (κ1) is 42.5. The molecule has 0 bridgehead atoms. The molecule has 0 aliphatic carbocycles. The van der Waals surface area contributed by atoms with Crippen molar-refractivity contribution in [3.05, 3.63) is 77.6 Å². The monoisotopic (exact) mass is 795 g/mol. The van der Waals surface area contributed by atoms with Crippen molar-refractivity contribution in [3.63, 3.8) is 0 Å². The maximum absolute atomic E-state index is 13.7. The van der Waals surface area contributed by atoms with Crippen LogP contribution >= 0.6 is 7.60 Å². The van der Waals surface area contributed by atoms with Crippen LogP contribution in [0.25, 0.3) is 0 Å². The lowest BCUT2D eigenvalue weighted by Gasteiger charge is -2.40. The quantitative estimate of drug-likeness (QED) is 0.0166. The average Bonchev–Trinajstić information content (AvgIpc) is 3.59. The highest BCUT2D eigenvalue weighted by Gasteiger charge is 2.45. The Balaban J connectivity index is 1.08. The van der Waals surface area contributed by atoms with Crippen molar-refractivity contribution >= 4 is 19.3 Å². The second-order valence-electron chi connectivity index (χ2n) is 12.0. The third-order valence-electron chi connectivity index (χ3n) is 7.86. The van der Waals surface area contributed by atoms with Crippen molar-refractivity contribution < 1.29 is 75.4 Å². The highest BCUT2D eigenvalue weighted by atomic mass is 31.2. The Morgan fingerprint density at radius 1 is 0.944 bits per heavy atom. The van der Waals surface area contributed by atoms with E-state index in [0.717, 1.165) is 12.8 Å². The molecule has 22 heteroatoms. The Labute approximate surface area is 304 Å². The summed E-state index contributed by atoms with van der Waals surface area (Å²) in [5, 5.41) is 44.9. The van der Waals surface area contributed by atoms with Crippen LogP contribution in [0.3, 0.4) is 0 Å². The molecule has 1 fully saturated rings. The Bertz CT molecular complexity index is 1760. The number of ether oxygens (including phenoxy) is 4. The zero-order valence-electron chi connectivity index (χ0n) is 28.4. The van der Waals surface area contributed by atoms with E-state index in [-0.39, 0.29) is 31.9 Å². The van der Waals surface area contributed by atoms with Gasteiger partial charge in [-0.3, -0.25) is 9.36 Å². The summed E-state index contributed by atoms with van der Waals surface area (Å²) in [6, 6.07) is 6.43. The molecule has 2 aromatic carbocycles. The molecule has 54 heavy (non-hydrogen) atoms. The molecule has 1 aliphatic rings. The van der Waals surface area contributed by atoms with E-state index in [9.17, 15) is 46.6 Å². The molecule has 0 radical (unpaired) electrons. The van der Waals surface area contributed by atoms with Crippen molar-refractivity contribution in [3.8, 4) is 11.5 Å². The van der Waals surface area contributed by atoms with E-state index in [2.05, 4.69) is 32.3 Å². The predicted molar refractivity (Wildman–Crippen MR) is 176 cm³/mol. The highest BCUT2D eigenvalue weighted by molar-refractivity contribution is 7.51. The minimum Gasteiger partial charge on any atom is -0.462 e. The molecule has 0 spiro atoms. The van der Waals surface area contributed by atoms with Gasteiger partial charge in [-0.05, 0) is 49.9 Å². The van der Waals surface area contributed by atoms with Gasteiger partial charge in [0.05, 0.1) is 50.0 Å². The highest BCUT2D eigenvalue weighted by Crippen LogP contribution is 2.37. The number of carbonyl (C=O) groups is 1. The number of aliphatic hydroxyl groups is 3. The Morgan fingerprint density at radius 2 is 1.61 bits per heavy atom. The summed E-state index contributed by atoms with van der Waals surface area (Å²) in [7, 11) is -4.38. The summed E-state index contributed by atoms with van der Waals surface area (Å²) in [4.78, 5) is 30.0. The van der Waals surface area contributed by atoms with Gasteiger partial charge < -0.3 is 54.7 Å². The molecule has 0 saturated carbocycles. The van der Waals surface area contributed by atoms with Crippen LogP contribution in [0.5, 0.6) is 11.5 Å². The molecule has 1 aromatic heterocycles. The standard InChI is InChI=1S/C32H39F5N5O11P/c1-17(39-18-5-7-20(8-6-18)51-32-30(46)29(45)28(44)21(52-32)10-15-54(47,48)49)38-11-3-2-4-19-16-42(41-40-19)12-14-50-13-9-22(43)53-31-26(36)24(34)23(33)25(35)27(31)37/h5-8,16,21,28-30,32,38-39,44-46H,1-4,9-15H2,(H2,47,48,49)/t21-,28-,29+,30+,32+/m1/s1. The van der Waals surface area contributed by atoms with Crippen LogP contribution in [0.2, 0.25) is 0 Å². The predicted octanol–water partition coefficient (Wildman–Crippen LogP) is 2.24. The van der Waals surface area contributed by atoms with Gasteiger partial charge in [0, 0.05) is 18.4 Å². The van der Waals surface area contributed by atoms with E-state index in [0.29, 0.717) is 30.2 Å². The third kappa shape index (κ3) is 12.2. The Morgan fingerprint density at radius 3 is 2.28 bits per heavy atom. The molecule has 2 heterocycles. The van der Waals surface area contributed by atoms with Crippen LogP contribution in [-0.4, -0.2) is 103 Å². The van der Waals surface area contributed by atoms with Gasteiger partial charge in [0.25, 0.3) is 0 Å². The topological polar surface area (TPSA) is 227 Å².